The molecule has 2 aromatic carbocycles. The van der Waals surface area contributed by atoms with Gasteiger partial charge in [0.15, 0.2) is 0 Å². The summed E-state index contributed by atoms with van der Waals surface area (Å²) in [7, 11) is -3.94. The molecule has 2 atom stereocenters. The fourth-order valence-electron chi connectivity index (χ4n) is 4.14. The van der Waals surface area contributed by atoms with Crippen LogP contribution in [0.2, 0.25) is 5.02 Å². The Bertz CT molecular complexity index is 970. The summed E-state index contributed by atoms with van der Waals surface area (Å²) in [5.74, 6) is -1.45. The lowest BCUT2D eigenvalue weighted by Crippen LogP contribution is -2.49. The van der Waals surface area contributed by atoms with Crippen LogP contribution in [0.3, 0.4) is 0 Å². The smallest absolute Gasteiger partial charge is 0.207 e. The Labute approximate surface area is 169 Å². The lowest BCUT2D eigenvalue weighted by molar-refractivity contribution is 0.136. The third kappa shape index (κ3) is 3.58. The molecule has 1 saturated carbocycles. The van der Waals surface area contributed by atoms with Crippen molar-refractivity contribution < 1.29 is 17.2 Å². The standard InChI is InChI=1S/C21H20ClF2NO2S/c1-21(9-10-21)20-4-2-3-19(14-11-16(23)13-17(24)12-14)25(20)28(26,27)18-7-5-15(22)6-8-18/h1,5-8,11-13,19-20H,2-4,9-10H2/t19-,20+/m1/s1. The summed E-state index contributed by atoms with van der Waals surface area (Å²) >= 11 is 5.91. The third-order valence-corrected chi connectivity index (χ3v) is 7.90. The maximum absolute atomic E-state index is 13.9. The zero-order valence-corrected chi connectivity index (χ0v) is 16.7. The molecule has 1 heterocycles. The Morgan fingerprint density at radius 3 is 2.21 bits per heavy atom. The van der Waals surface area contributed by atoms with E-state index in [9.17, 15) is 17.2 Å². The van der Waals surface area contributed by atoms with Crippen LogP contribution in [-0.4, -0.2) is 18.8 Å². The monoisotopic (exact) mass is 423 g/mol. The highest BCUT2D eigenvalue weighted by atomic mass is 35.5. The van der Waals surface area contributed by atoms with Gasteiger partial charge in [0.1, 0.15) is 11.6 Å². The SMILES string of the molecule is [CH]C1([C@@H]2CCC[C@H](c3cc(F)cc(F)c3)N2S(=O)(=O)c2ccc(Cl)cc2)CC1. The second-order valence-electron chi connectivity index (χ2n) is 7.69. The summed E-state index contributed by atoms with van der Waals surface area (Å²) in [5.41, 5.74) is -0.284. The van der Waals surface area contributed by atoms with Gasteiger partial charge in [-0.1, -0.05) is 11.6 Å². The Hall–Kier alpha value is -1.50. The van der Waals surface area contributed by atoms with Crippen LogP contribution in [0.4, 0.5) is 8.78 Å². The van der Waals surface area contributed by atoms with Crippen molar-refractivity contribution in [2.75, 3.05) is 0 Å². The number of rotatable bonds is 4. The minimum Gasteiger partial charge on any atom is -0.207 e. The van der Waals surface area contributed by atoms with Gasteiger partial charge in [-0.15, -0.1) is 0 Å². The molecule has 0 spiro atoms. The number of hydrogen-bond donors (Lipinski definition) is 0. The van der Waals surface area contributed by atoms with Gasteiger partial charge >= 0.3 is 0 Å². The van der Waals surface area contributed by atoms with Crippen molar-refractivity contribution in [2.45, 2.75) is 49.1 Å². The zero-order chi connectivity index (χ0) is 20.1. The molecule has 1 aliphatic carbocycles. The van der Waals surface area contributed by atoms with Crippen LogP contribution in [0.25, 0.3) is 0 Å². The molecule has 7 heteroatoms. The first-order valence-electron chi connectivity index (χ1n) is 9.25. The largest absolute Gasteiger partial charge is 0.243 e. The lowest BCUT2D eigenvalue weighted by atomic mass is 9.86. The molecule has 3 nitrogen and oxygen atoms in total. The quantitative estimate of drug-likeness (QED) is 0.660. The van der Waals surface area contributed by atoms with E-state index >= 15 is 0 Å². The van der Waals surface area contributed by atoms with Crippen LogP contribution in [0.15, 0.2) is 47.4 Å². The van der Waals surface area contributed by atoms with Crippen molar-refractivity contribution in [3.8, 4) is 0 Å². The van der Waals surface area contributed by atoms with Crippen molar-refractivity contribution in [3.05, 3.63) is 71.6 Å². The van der Waals surface area contributed by atoms with Gasteiger partial charge in [0.25, 0.3) is 0 Å². The van der Waals surface area contributed by atoms with Gasteiger partial charge in [-0.3, -0.25) is 0 Å². The molecule has 2 aliphatic rings. The summed E-state index contributed by atoms with van der Waals surface area (Å²) in [6.45, 7) is 6.44. The van der Waals surface area contributed by atoms with Crippen LogP contribution in [0.1, 0.15) is 43.7 Å². The number of piperidine rings is 1. The second-order valence-corrected chi connectivity index (χ2v) is 9.97. The maximum Gasteiger partial charge on any atom is 0.243 e. The highest BCUT2D eigenvalue weighted by Crippen LogP contribution is 2.55. The van der Waals surface area contributed by atoms with E-state index in [1.54, 1.807) is 0 Å². The average molecular weight is 424 g/mol. The molecule has 148 valence electrons. The molecular weight excluding hydrogens is 404 g/mol. The Morgan fingerprint density at radius 1 is 1.04 bits per heavy atom. The molecule has 1 aliphatic heterocycles. The van der Waals surface area contributed by atoms with Crippen LogP contribution < -0.4 is 0 Å². The molecule has 2 radical (unpaired) electrons. The molecule has 0 amide bonds. The van der Waals surface area contributed by atoms with Crippen LogP contribution in [-0.2, 0) is 10.0 Å². The number of halogens is 3. The highest BCUT2D eigenvalue weighted by Gasteiger charge is 2.54. The summed E-state index contributed by atoms with van der Waals surface area (Å²) in [6, 6.07) is 8.02. The van der Waals surface area contributed by atoms with Crippen molar-refractivity contribution in [2.24, 2.45) is 5.41 Å². The van der Waals surface area contributed by atoms with Crippen LogP contribution >= 0.6 is 11.6 Å². The molecule has 0 unspecified atom stereocenters. The van der Waals surface area contributed by atoms with E-state index in [1.807, 2.05) is 0 Å². The molecule has 0 bridgehead atoms. The van der Waals surface area contributed by atoms with E-state index in [4.69, 9.17) is 18.5 Å². The van der Waals surface area contributed by atoms with Gasteiger partial charge in [0, 0.05) is 17.1 Å². The average Bonchev–Trinajstić information content (AvgIpc) is 3.39. The van der Waals surface area contributed by atoms with E-state index in [0.29, 0.717) is 23.4 Å². The minimum atomic E-state index is -3.94. The Kier molecular flexibility index (Phi) is 5.01. The number of hydrogen-bond acceptors (Lipinski definition) is 2. The van der Waals surface area contributed by atoms with Gasteiger partial charge in [0.2, 0.25) is 10.0 Å². The highest BCUT2D eigenvalue weighted by molar-refractivity contribution is 7.89. The predicted octanol–water partition coefficient (Wildman–Crippen LogP) is 5.39. The summed E-state index contributed by atoms with van der Waals surface area (Å²) in [6.07, 6.45) is 3.29. The maximum atomic E-state index is 13.9. The van der Waals surface area contributed by atoms with Crippen molar-refractivity contribution in [1.29, 1.82) is 0 Å². The molecule has 0 N–H and O–H groups in total. The number of nitrogens with zero attached hydrogens (tertiary/aromatic N) is 1. The van der Waals surface area contributed by atoms with Crippen LogP contribution in [0, 0.1) is 24.0 Å². The molecule has 28 heavy (non-hydrogen) atoms. The topological polar surface area (TPSA) is 37.4 Å². The predicted molar refractivity (Wildman–Crippen MR) is 103 cm³/mol. The second kappa shape index (κ2) is 7.08. The van der Waals surface area contributed by atoms with Gasteiger partial charge in [-0.05, 0) is 86.4 Å². The fourth-order valence-corrected chi connectivity index (χ4v) is 6.20. The first-order chi connectivity index (χ1) is 13.2. The van der Waals surface area contributed by atoms with E-state index in [1.165, 1.54) is 40.7 Å². The summed E-state index contributed by atoms with van der Waals surface area (Å²) in [5, 5.41) is 0.426. The van der Waals surface area contributed by atoms with Gasteiger partial charge in [-0.25, -0.2) is 17.2 Å². The first kappa shape index (κ1) is 19.8. The molecule has 2 fully saturated rings. The first-order valence-corrected chi connectivity index (χ1v) is 11.1. The zero-order valence-electron chi connectivity index (χ0n) is 15.1. The van der Waals surface area contributed by atoms with E-state index in [0.717, 1.165) is 25.3 Å². The molecule has 0 aromatic heterocycles. The van der Waals surface area contributed by atoms with E-state index < -0.39 is 39.2 Å². The Morgan fingerprint density at radius 2 is 1.64 bits per heavy atom. The normalized spacial score (nSPS) is 24.9. The molecule has 1 saturated heterocycles. The third-order valence-electron chi connectivity index (χ3n) is 5.72. The molecule has 2 aromatic rings. The summed E-state index contributed by atoms with van der Waals surface area (Å²) in [4.78, 5) is 0.0925. The van der Waals surface area contributed by atoms with Crippen molar-refractivity contribution in [1.82, 2.24) is 4.31 Å². The fraction of sp³-hybridized carbons (Fsp3) is 0.381. The van der Waals surface area contributed by atoms with E-state index in [-0.39, 0.29) is 4.90 Å². The van der Waals surface area contributed by atoms with Gasteiger partial charge < -0.3 is 0 Å². The lowest BCUT2D eigenvalue weighted by Gasteiger charge is -2.44. The molecule has 4 rings (SSSR count). The van der Waals surface area contributed by atoms with Gasteiger partial charge in [-0.2, -0.15) is 4.31 Å². The van der Waals surface area contributed by atoms with Crippen molar-refractivity contribution >= 4 is 21.6 Å². The summed E-state index contributed by atoms with van der Waals surface area (Å²) < 4.78 is 56.3. The van der Waals surface area contributed by atoms with E-state index in [2.05, 4.69) is 0 Å². The van der Waals surface area contributed by atoms with Crippen LogP contribution in [0.5, 0.6) is 0 Å². The minimum absolute atomic E-state index is 0.0925. The van der Waals surface area contributed by atoms with Crippen molar-refractivity contribution in [3.63, 3.8) is 0 Å². The molecular formula is C21H20ClF2NO2S. The Balaban J connectivity index is 1.83. The number of benzene rings is 2. The number of sulfonamides is 1. The van der Waals surface area contributed by atoms with Gasteiger partial charge in [0.05, 0.1) is 10.9 Å².